The molecule has 1 heterocycles. The second-order valence-electron chi connectivity index (χ2n) is 4.60. The van der Waals surface area contributed by atoms with Gasteiger partial charge >= 0.3 is 0 Å². The summed E-state index contributed by atoms with van der Waals surface area (Å²) in [5.41, 5.74) is 1.99. The minimum atomic E-state index is -0.0992. The Kier molecular flexibility index (Phi) is 4.81. The topological polar surface area (TPSA) is 78.7 Å². The molecular weight excluding hydrogens is 268 g/mol. The van der Waals surface area contributed by atoms with Crippen molar-refractivity contribution in [3.63, 3.8) is 0 Å². The van der Waals surface area contributed by atoms with Crippen LogP contribution < -0.4 is 16.0 Å². The fourth-order valence-corrected chi connectivity index (χ4v) is 2.03. The maximum Gasteiger partial charge on any atom is 0.239 e. The third kappa shape index (κ3) is 3.53. The first-order valence-electron chi connectivity index (χ1n) is 6.77. The quantitative estimate of drug-likeness (QED) is 0.582. The molecule has 0 spiro atoms. The van der Waals surface area contributed by atoms with Crippen LogP contribution in [0.4, 0.5) is 0 Å². The number of nitrogens with one attached hydrogen (secondary N) is 3. The summed E-state index contributed by atoms with van der Waals surface area (Å²) in [6.45, 7) is 2.72. The SMILES string of the molecule is CN=C(NCC(=O)NC)NCc1oc2ccccc2c1C. The molecule has 1 aromatic heterocycles. The monoisotopic (exact) mass is 288 g/mol. The number of hydrogen-bond acceptors (Lipinski definition) is 3. The van der Waals surface area contributed by atoms with Crippen molar-refractivity contribution in [3.05, 3.63) is 35.6 Å². The molecule has 2 aromatic rings. The van der Waals surface area contributed by atoms with E-state index in [0.29, 0.717) is 12.5 Å². The molecule has 0 unspecified atom stereocenters. The number of nitrogens with zero attached hydrogens (tertiary/aromatic N) is 1. The average Bonchev–Trinajstić information content (AvgIpc) is 2.84. The molecule has 6 heteroatoms. The van der Waals surface area contributed by atoms with Gasteiger partial charge in [-0.05, 0) is 13.0 Å². The largest absolute Gasteiger partial charge is 0.459 e. The molecule has 0 aliphatic heterocycles. The summed E-state index contributed by atoms with van der Waals surface area (Å²) in [5.74, 6) is 1.32. The molecular formula is C15H20N4O2. The van der Waals surface area contributed by atoms with E-state index in [1.165, 1.54) is 0 Å². The zero-order chi connectivity index (χ0) is 15.2. The van der Waals surface area contributed by atoms with E-state index in [1.807, 2.05) is 31.2 Å². The van der Waals surface area contributed by atoms with Gasteiger partial charge in [-0.1, -0.05) is 18.2 Å². The average molecular weight is 288 g/mol. The molecule has 1 amide bonds. The van der Waals surface area contributed by atoms with Crippen LogP contribution in [0.2, 0.25) is 0 Å². The van der Waals surface area contributed by atoms with Gasteiger partial charge in [-0.15, -0.1) is 0 Å². The molecule has 6 nitrogen and oxygen atoms in total. The van der Waals surface area contributed by atoms with Crippen LogP contribution in [0.5, 0.6) is 0 Å². The van der Waals surface area contributed by atoms with Crippen molar-refractivity contribution in [1.29, 1.82) is 0 Å². The number of carbonyl (C=O) groups is 1. The van der Waals surface area contributed by atoms with E-state index in [0.717, 1.165) is 22.3 Å². The Morgan fingerprint density at radius 2 is 2.05 bits per heavy atom. The van der Waals surface area contributed by atoms with E-state index in [4.69, 9.17) is 4.42 Å². The van der Waals surface area contributed by atoms with Crippen molar-refractivity contribution in [2.24, 2.45) is 4.99 Å². The third-order valence-corrected chi connectivity index (χ3v) is 3.28. The van der Waals surface area contributed by atoms with Gasteiger partial charge < -0.3 is 20.4 Å². The Labute approximate surface area is 123 Å². The number of hydrogen-bond donors (Lipinski definition) is 3. The molecule has 0 aliphatic rings. The molecule has 0 saturated carbocycles. The lowest BCUT2D eigenvalue weighted by molar-refractivity contribution is -0.119. The lowest BCUT2D eigenvalue weighted by Crippen LogP contribution is -2.42. The van der Waals surface area contributed by atoms with Gasteiger partial charge in [0.2, 0.25) is 5.91 Å². The Morgan fingerprint density at radius 1 is 1.29 bits per heavy atom. The Bertz CT molecular complexity index is 661. The van der Waals surface area contributed by atoms with Crippen molar-refractivity contribution < 1.29 is 9.21 Å². The van der Waals surface area contributed by atoms with Gasteiger partial charge in [-0.2, -0.15) is 0 Å². The second kappa shape index (κ2) is 6.78. The molecule has 21 heavy (non-hydrogen) atoms. The van der Waals surface area contributed by atoms with E-state index >= 15 is 0 Å². The molecule has 0 atom stereocenters. The Morgan fingerprint density at radius 3 is 2.71 bits per heavy atom. The highest BCUT2D eigenvalue weighted by molar-refractivity contribution is 5.86. The van der Waals surface area contributed by atoms with Gasteiger partial charge in [0.05, 0.1) is 13.1 Å². The number of carbonyl (C=O) groups excluding carboxylic acids is 1. The summed E-state index contributed by atoms with van der Waals surface area (Å²) in [7, 11) is 3.25. The predicted octanol–water partition coefficient (Wildman–Crippen LogP) is 1.15. The smallest absolute Gasteiger partial charge is 0.239 e. The van der Waals surface area contributed by atoms with Gasteiger partial charge in [0.25, 0.3) is 0 Å². The molecule has 2 rings (SSSR count). The number of amides is 1. The molecule has 1 aromatic carbocycles. The second-order valence-corrected chi connectivity index (χ2v) is 4.60. The van der Waals surface area contributed by atoms with E-state index in [1.54, 1.807) is 14.1 Å². The lowest BCUT2D eigenvalue weighted by atomic mass is 10.1. The van der Waals surface area contributed by atoms with Crippen molar-refractivity contribution in [2.45, 2.75) is 13.5 Å². The number of guanidine groups is 1. The van der Waals surface area contributed by atoms with E-state index in [2.05, 4.69) is 20.9 Å². The molecule has 0 aliphatic carbocycles. The first-order chi connectivity index (χ1) is 10.2. The first-order valence-corrected chi connectivity index (χ1v) is 6.77. The van der Waals surface area contributed by atoms with Gasteiger partial charge in [0.15, 0.2) is 5.96 Å². The van der Waals surface area contributed by atoms with Gasteiger partial charge in [0, 0.05) is 25.0 Å². The summed E-state index contributed by atoms with van der Waals surface area (Å²) in [6.07, 6.45) is 0. The third-order valence-electron chi connectivity index (χ3n) is 3.28. The van der Waals surface area contributed by atoms with Crippen LogP contribution in [-0.4, -0.2) is 32.5 Å². The Hall–Kier alpha value is -2.50. The van der Waals surface area contributed by atoms with E-state index in [9.17, 15) is 4.79 Å². The van der Waals surface area contributed by atoms with Crippen molar-refractivity contribution in [1.82, 2.24) is 16.0 Å². The number of aliphatic imine (C=N–C) groups is 1. The van der Waals surface area contributed by atoms with E-state index < -0.39 is 0 Å². The van der Waals surface area contributed by atoms with Crippen LogP contribution in [0.1, 0.15) is 11.3 Å². The van der Waals surface area contributed by atoms with Crippen LogP contribution in [-0.2, 0) is 11.3 Å². The minimum absolute atomic E-state index is 0.0992. The highest BCUT2D eigenvalue weighted by atomic mass is 16.3. The first kappa shape index (κ1) is 14.9. The maximum atomic E-state index is 11.2. The normalized spacial score (nSPS) is 11.5. The minimum Gasteiger partial charge on any atom is -0.459 e. The highest BCUT2D eigenvalue weighted by Gasteiger charge is 2.10. The van der Waals surface area contributed by atoms with Gasteiger partial charge in [0.1, 0.15) is 11.3 Å². The van der Waals surface area contributed by atoms with Crippen LogP contribution in [0.25, 0.3) is 11.0 Å². The number of furan rings is 1. The highest BCUT2D eigenvalue weighted by Crippen LogP contribution is 2.24. The molecule has 0 radical (unpaired) electrons. The number of likely N-dealkylation sites (N-methyl/N-ethyl adjacent to an activating group) is 1. The Balaban J connectivity index is 2.00. The standard InChI is InChI=1S/C15H20N4O2/c1-10-11-6-4-5-7-12(11)21-13(10)8-18-15(17-3)19-9-14(20)16-2/h4-7H,8-9H2,1-3H3,(H,16,20)(H2,17,18,19). The summed E-state index contributed by atoms with van der Waals surface area (Å²) in [6, 6.07) is 7.93. The maximum absolute atomic E-state index is 11.2. The zero-order valence-electron chi connectivity index (χ0n) is 12.5. The number of benzene rings is 1. The summed E-state index contributed by atoms with van der Waals surface area (Å²) in [4.78, 5) is 15.3. The number of fused-ring (bicyclic) bond motifs is 1. The van der Waals surface area contributed by atoms with Gasteiger partial charge in [-0.25, -0.2) is 0 Å². The predicted molar refractivity (Wildman–Crippen MR) is 83.2 cm³/mol. The van der Waals surface area contributed by atoms with Crippen LogP contribution in [0.3, 0.4) is 0 Å². The van der Waals surface area contributed by atoms with Crippen LogP contribution in [0.15, 0.2) is 33.7 Å². The zero-order valence-corrected chi connectivity index (χ0v) is 12.5. The van der Waals surface area contributed by atoms with Crippen molar-refractivity contribution in [2.75, 3.05) is 20.6 Å². The summed E-state index contributed by atoms with van der Waals surface area (Å²) in [5, 5.41) is 9.72. The number of rotatable bonds is 4. The molecule has 0 fully saturated rings. The summed E-state index contributed by atoms with van der Waals surface area (Å²) < 4.78 is 5.82. The molecule has 112 valence electrons. The fourth-order valence-electron chi connectivity index (χ4n) is 2.03. The number of aryl methyl sites for hydroxylation is 1. The molecule has 0 bridgehead atoms. The van der Waals surface area contributed by atoms with Crippen LogP contribution in [0, 0.1) is 6.92 Å². The molecule has 3 N–H and O–H groups in total. The fraction of sp³-hybridized carbons (Fsp3) is 0.333. The summed E-state index contributed by atoms with van der Waals surface area (Å²) >= 11 is 0. The van der Waals surface area contributed by atoms with Crippen molar-refractivity contribution in [3.8, 4) is 0 Å². The van der Waals surface area contributed by atoms with Crippen molar-refractivity contribution >= 4 is 22.8 Å². The number of para-hydroxylation sites is 1. The van der Waals surface area contributed by atoms with Gasteiger partial charge in [-0.3, -0.25) is 9.79 Å². The van der Waals surface area contributed by atoms with E-state index in [-0.39, 0.29) is 12.5 Å². The lowest BCUT2D eigenvalue weighted by Gasteiger charge is -2.10. The van der Waals surface area contributed by atoms with Crippen LogP contribution >= 0.6 is 0 Å². The molecule has 0 saturated heterocycles.